The van der Waals surface area contributed by atoms with Crippen molar-refractivity contribution < 1.29 is 0 Å². The highest BCUT2D eigenvalue weighted by atomic mass is 35.5. The van der Waals surface area contributed by atoms with E-state index in [2.05, 4.69) is 17.2 Å². The zero-order chi connectivity index (χ0) is 12.4. The van der Waals surface area contributed by atoms with Gasteiger partial charge in [-0.15, -0.1) is 11.3 Å². The van der Waals surface area contributed by atoms with Gasteiger partial charge in [0.2, 0.25) is 0 Å². The fourth-order valence-corrected chi connectivity index (χ4v) is 3.24. The average molecular weight is 287 g/mol. The second-order valence-electron chi connectivity index (χ2n) is 3.78. The van der Waals surface area contributed by atoms with Crippen LogP contribution in [-0.4, -0.2) is 4.98 Å². The maximum absolute atomic E-state index is 6.12. The maximum Gasteiger partial charge on any atom is 0.0996 e. The topological polar surface area (TPSA) is 24.9 Å². The van der Waals surface area contributed by atoms with Crippen LogP contribution in [0.1, 0.15) is 24.2 Å². The van der Waals surface area contributed by atoms with Crippen molar-refractivity contribution >= 4 is 40.2 Å². The summed E-state index contributed by atoms with van der Waals surface area (Å²) in [4.78, 5) is 4.23. The number of nitrogens with zero attached hydrogens (tertiary/aromatic N) is 1. The fourth-order valence-electron chi connectivity index (χ4n) is 1.60. The van der Waals surface area contributed by atoms with Crippen LogP contribution in [0.4, 0.5) is 5.69 Å². The third-order valence-corrected chi connectivity index (χ3v) is 4.05. The van der Waals surface area contributed by atoms with E-state index in [1.807, 2.05) is 25.1 Å². The van der Waals surface area contributed by atoms with E-state index in [-0.39, 0.29) is 6.04 Å². The van der Waals surface area contributed by atoms with E-state index in [4.69, 9.17) is 23.2 Å². The molecule has 1 unspecified atom stereocenters. The van der Waals surface area contributed by atoms with E-state index in [1.54, 1.807) is 6.20 Å². The smallest absolute Gasteiger partial charge is 0.0996 e. The lowest BCUT2D eigenvalue weighted by Crippen LogP contribution is -2.07. The van der Waals surface area contributed by atoms with Gasteiger partial charge < -0.3 is 5.32 Å². The van der Waals surface area contributed by atoms with Crippen LogP contribution in [0, 0.1) is 6.92 Å². The van der Waals surface area contributed by atoms with Crippen LogP contribution in [0.2, 0.25) is 8.67 Å². The van der Waals surface area contributed by atoms with Crippen LogP contribution in [0.25, 0.3) is 0 Å². The quantitative estimate of drug-likeness (QED) is 0.865. The molecule has 0 aromatic carbocycles. The van der Waals surface area contributed by atoms with Crippen LogP contribution in [0.3, 0.4) is 0 Å². The normalized spacial score (nSPS) is 12.5. The van der Waals surface area contributed by atoms with Crippen LogP contribution in [0.5, 0.6) is 0 Å². The second kappa shape index (κ2) is 5.25. The summed E-state index contributed by atoms with van der Waals surface area (Å²) in [5.41, 5.74) is 3.00. The number of pyridine rings is 1. The van der Waals surface area contributed by atoms with Gasteiger partial charge in [-0.25, -0.2) is 0 Å². The van der Waals surface area contributed by atoms with E-state index < -0.39 is 0 Å². The van der Waals surface area contributed by atoms with Crippen LogP contribution in [-0.2, 0) is 0 Å². The minimum absolute atomic E-state index is 0.106. The number of rotatable bonds is 3. The molecular formula is C12H12Cl2N2S. The Labute approximate surface area is 115 Å². The van der Waals surface area contributed by atoms with Gasteiger partial charge in [0.25, 0.3) is 0 Å². The number of hydrogen-bond acceptors (Lipinski definition) is 3. The molecule has 2 aromatic rings. The zero-order valence-electron chi connectivity index (χ0n) is 9.50. The maximum atomic E-state index is 6.12. The largest absolute Gasteiger partial charge is 0.377 e. The highest BCUT2D eigenvalue weighted by Gasteiger charge is 2.13. The van der Waals surface area contributed by atoms with E-state index >= 15 is 0 Å². The predicted octanol–water partition coefficient (Wildman–Crippen LogP) is 4.93. The summed E-state index contributed by atoms with van der Waals surface area (Å²) in [6.07, 6.45) is 1.78. The molecule has 2 aromatic heterocycles. The van der Waals surface area contributed by atoms with Gasteiger partial charge >= 0.3 is 0 Å². The molecule has 90 valence electrons. The number of anilines is 1. The molecule has 2 heterocycles. The van der Waals surface area contributed by atoms with Crippen molar-refractivity contribution in [3.63, 3.8) is 0 Å². The Balaban J connectivity index is 2.20. The molecule has 0 saturated carbocycles. The third-order valence-electron chi connectivity index (χ3n) is 2.53. The molecule has 0 bridgehead atoms. The highest BCUT2D eigenvalue weighted by Crippen LogP contribution is 2.36. The molecule has 0 aliphatic carbocycles. The molecule has 0 saturated heterocycles. The predicted molar refractivity (Wildman–Crippen MR) is 75.4 cm³/mol. The highest BCUT2D eigenvalue weighted by molar-refractivity contribution is 7.20. The molecule has 17 heavy (non-hydrogen) atoms. The molecule has 0 radical (unpaired) electrons. The zero-order valence-corrected chi connectivity index (χ0v) is 11.8. The summed E-state index contributed by atoms with van der Waals surface area (Å²) < 4.78 is 1.44. The minimum atomic E-state index is 0.106. The Hall–Kier alpha value is -0.770. The van der Waals surface area contributed by atoms with Gasteiger partial charge in [0, 0.05) is 11.8 Å². The molecule has 0 aliphatic rings. The lowest BCUT2D eigenvalue weighted by molar-refractivity contribution is 0.885. The molecular weight excluding hydrogens is 275 g/mol. The van der Waals surface area contributed by atoms with E-state index in [0.29, 0.717) is 4.34 Å². The van der Waals surface area contributed by atoms with Gasteiger partial charge in [-0.1, -0.05) is 23.2 Å². The first kappa shape index (κ1) is 12.7. The van der Waals surface area contributed by atoms with Crippen LogP contribution in [0.15, 0.2) is 24.4 Å². The molecule has 1 atom stereocenters. The van der Waals surface area contributed by atoms with Gasteiger partial charge in [0.05, 0.1) is 26.1 Å². The van der Waals surface area contributed by atoms with Gasteiger partial charge in [-0.2, -0.15) is 0 Å². The Morgan fingerprint density at radius 2 is 2.18 bits per heavy atom. The summed E-state index contributed by atoms with van der Waals surface area (Å²) >= 11 is 13.4. The van der Waals surface area contributed by atoms with Crippen LogP contribution >= 0.6 is 34.5 Å². The van der Waals surface area contributed by atoms with Crippen LogP contribution < -0.4 is 5.32 Å². The van der Waals surface area contributed by atoms with E-state index in [1.165, 1.54) is 11.3 Å². The number of aryl methyl sites for hydroxylation is 1. The summed E-state index contributed by atoms with van der Waals surface area (Å²) in [5, 5.41) is 3.38. The summed E-state index contributed by atoms with van der Waals surface area (Å²) in [5.74, 6) is 0. The lowest BCUT2D eigenvalue weighted by Gasteiger charge is -2.15. The van der Waals surface area contributed by atoms with Crippen molar-refractivity contribution in [3.8, 4) is 0 Å². The molecule has 2 rings (SSSR count). The molecule has 0 aliphatic heterocycles. The number of hydrogen-bond donors (Lipinski definition) is 1. The standard InChI is InChI=1S/C12H12Cl2N2S/c1-7(9-6-11(13)17-12(9)14)16-10-4-3-5-15-8(10)2/h3-7,16H,1-2H3. The molecule has 0 amide bonds. The Kier molecular flexibility index (Phi) is 3.92. The second-order valence-corrected chi connectivity index (χ2v) is 6.07. The van der Waals surface area contributed by atoms with Crippen molar-refractivity contribution in [2.24, 2.45) is 0 Å². The number of aromatic nitrogens is 1. The summed E-state index contributed by atoms with van der Waals surface area (Å²) in [7, 11) is 0. The fraction of sp³-hybridized carbons (Fsp3) is 0.250. The van der Waals surface area contributed by atoms with Crippen molar-refractivity contribution in [3.05, 3.63) is 44.3 Å². The molecule has 0 spiro atoms. The first-order chi connectivity index (χ1) is 8.08. The molecule has 0 fully saturated rings. The molecule has 2 nitrogen and oxygen atoms in total. The molecule has 5 heteroatoms. The van der Waals surface area contributed by atoms with Gasteiger partial charge in [-0.3, -0.25) is 4.98 Å². The number of halogens is 2. The van der Waals surface area contributed by atoms with Crippen molar-refractivity contribution in [2.45, 2.75) is 19.9 Å². The summed E-state index contributed by atoms with van der Waals surface area (Å²) in [6.45, 7) is 4.02. The number of thiophene rings is 1. The monoisotopic (exact) mass is 286 g/mol. The lowest BCUT2D eigenvalue weighted by atomic mass is 10.1. The Morgan fingerprint density at radius 1 is 1.41 bits per heavy atom. The van der Waals surface area contributed by atoms with Gasteiger partial charge in [0.1, 0.15) is 0 Å². The third kappa shape index (κ3) is 2.92. The first-order valence-corrected chi connectivity index (χ1v) is 6.78. The SMILES string of the molecule is Cc1ncccc1NC(C)c1cc(Cl)sc1Cl. The van der Waals surface area contributed by atoms with E-state index in [9.17, 15) is 0 Å². The van der Waals surface area contributed by atoms with Gasteiger partial charge in [-0.05, 0) is 32.0 Å². The Bertz CT molecular complexity index is 525. The number of nitrogens with one attached hydrogen (secondary N) is 1. The van der Waals surface area contributed by atoms with Crippen molar-refractivity contribution in [1.29, 1.82) is 0 Å². The Morgan fingerprint density at radius 3 is 2.76 bits per heavy atom. The van der Waals surface area contributed by atoms with Gasteiger partial charge in [0.15, 0.2) is 0 Å². The first-order valence-electron chi connectivity index (χ1n) is 5.21. The van der Waals surface area contributed by atoms with Crippen molar-refractivity contribution in [1.82, 2.24) is 4.98 Å². The minimum Gasteiger partial charge on any atom is -0.377 e. The molecule has 1 N–H and O–H groups in total. The van der Waals surface area contributed by atoms with E-state index in [0.717, 1.165) is 21.3 Å². The summed E-state index contributed by atoms with van der Waals surface area (Å²) in [6, 6.07) is 5.91. The van der Waals surface area contributed by atoms with Crippen molar-refractivity contribution in [2.75, 3.05) is 5.32 Å². The average Bonchev–Trinajstić information content (AvgIpc) is 2.61.